The van der Waals surface area contributed by atoms with Crippen LogP contribution in [-0.2, 0) is 19.5 Å². The summed E-state index contributed by atoms with van der Waals surface area (Å²) in [6.07, 6.45) is 1.92. The number of hydrogen-bond donors (Lipinski definition) is 3. The van der Waals surface area contributed by atoms with E-state index in [0.717, 1.165) is 24.2 Å². The summed E-state index contributed by atoms with van der Waals surface area (Å²) in [7, 11) is 0. The average molecular weight is 485 g/mol. The number of nitrogens with one attached hydrogen (secondary N) is 3. The van der Waals surface area contributed by atoms with Gasteiger partial charge in [0.05, 0.1) is 0 Å². The molecule has 0 fully saturated rings. The number of rotatable bonds is 10. The van der Waals surface area contributed by atoms with Crippen molar-refractivity contribution in [2.75, 3.05) is 11.2 Å². The molecule has 0 aliphatic carbocycles. The molecule has 0 saturated carbocycles. The van der Waals surface area contributed by atoms with E-state index in [1.165, 1.54) is 4.88 Å². The van der Waals surface area contributed by atoms with Gasteiger partial charge in [0.15, 0.2) is 27.3 Å². The zero-order chi connectivity index (χ0) is 22.2. The van der Waals surface area contributed by atoms with Crippen LogP contribution in [0.1, 0.15) is 23.8 Å². The smallest absolute Gasteiger partial charge is 0.191 e. The van der Waals surface area contributed by atoms with Gasteiger partial charge in [-0.25, -0.2) is 14.6 Å². The molecule has 8 nitrogen and oxygen atoms in total. The first-order valence-corrected chi connectivity index (χ1v) is 12.6. The first-order chi connectivity index (χ1) is 15.7. The molecule has 0 spiro atoms. The molecular weight excluding hydrogens is 460 g/mol. The van der Waals surface area contributed by atoms with Crippen LogP contribution in [0.4, 0.5) is 5.82 Å². The van der Waals surface area contributed by atoms with Crippen LogP contribution in [0.5, 0.6) is 0 Å². The third kappa shape index (κ3) is 5.93. The van der Waals surface area contributed by atoms with Crippen molar-refractivity contribution in [3.63, 3.8) is 0 Å². The van der Waals surface area contributed by atoms with Gasteiger partial charge in [-0.15, -0.1) is 16.4 Å². The van der Waals surface area contributed by atoms with Crippen molar-refractivity contribution >= 4 is 57.4 Å². The molecule has 32 heavy (non-hydrogen) atoms. The summed E-state index contributed by atoms with van der Waals surface area (Å²) < 4.78 is 1.84. The van der Waals surface area contributed by atoms with Crippen molar-refractivity contribution < 1.29 is 0 Å². The fourth-order valence-electron chi connectivity index (χ4n) is 2.94. The van der Waals surface area contributed by atoms with Gasteiger partial charge in [0, 0.05) is 30.1 Å². The second kappa shape index (κ2) is 11.2. The Kier molecular flexibility index (Phi) is 7.86. The highest BCUT2D eigenvalue weighted by atomic mass is 32.2. The van der Waals surface area contributed by atoms with E-state index in [1.54, 1.807) is 23.1 Å². The first kappa shape index (κ1) is 22.4. The molecule has 0 aliphatic rings. The fraction of sp³-hybridized carbons (Fsp3) is 0.286. The number of aryl methyl sites for hydroxylation is 2. The van der Waals surface area contributed by atoms with Crippen LogP contribution in [0, 0.1) is 0 Å². The topological polar surface area (TPSA) is 92.6 Å². The number of fused-ring (bicyclic) bond motifs is 1. The van der Waals surface area contributed by atoms with E-state index in [1.807, 2.05) is 35.0 Å². The Morgan fingerprint density at radius 2 is 2.03 bits per heavy atom. The maximum atomic E-state index is 5.40. The number of hydrogen-bond acceptors (Lipinski definition) is 8. The zero-order valence-corrected chi connectivity index (χ0v) is 20.1. The SMILES string of the molecule is CCCSc1nc(NNC(=S)NCc2ccccc2)c2nnn(CCc3cccs3)c2n1. The van der Waals surface area contributed by atoms with E-state index in [-0.39, 0.29) is 0 Å². The lowest BCUT2D eigenvalue weighted by Crippen LogP contribution is -2.38. The maximum Gasteiger partial charge on any atom is 0.191 e. The maximum absolute atomic E-state index is 5.40. The number of anilines is 1. The molecule has 0 amide bonds. The van der Waals surface area contributed by atoms with Crippen LogP contribution >= 0.6 is 35.3 Å². The molecule has 0 aliphatic heterocycles. The molecule has 0 bridgehead atoms. The molecule has 0 atom stereocenters. The molecular formula is C21H24N8S3. The van der Waals surface area contributed by atoms with Crippen LogP contribution in [0.2, 0.25) is 0 Å². The predicted molar refractivity (Wildman–Crippen MR) is 135 cm³/mol. The predicted octanol–water partition coefficient (Wildman–Crippen LogP) is 4.02. The normalized spacial score (nSPS) is 10.9. The molecule has 0 radical (unpaired) electrons. The Morgan fingerprint density at radius 1 is 1.16 bits per heavy atom. The molecule has 166 valence electrons. The Balaban J connectivity index is 1.46. The average Bonchev–Trinajstić information content (AvgIpc) is 3.49. The third-order valence-corrected chi connectivity index (χ3v) is 6.75. The number of aromatic nitrogens is 5. The number of thiophene rings is 1. The molecule has 11 heteroatoms. The summed E-state index contributed by atoms with van der Waals surface area (Å²) in [4.78, 5) is 10.6. The van der Waals surface area contributed by atoms with Gasteiger partial charge in [0.1, 0.15) is 0 Å². The lowest BCUT2D eigenvalue weighted by Gasteiger charge is -2.13. The van der Waals surface area contributed by atoms with Gasteiger partial charge in [-0.1, -0.05) is 60.3 Å². The molecule has 4 aromatic rings. The highest BCUT2D eigenvalue weighted by molar-refractivity contribution is 7.99. The van der Waals surface area contributed by atoms with Crippen LogP contribution < -0.4 is 16.2 Å². The summed E-state index contributed by atoms with van der Waals surface area (Å²) in [6, 6.07) is 14.3. The van der Waals surface area contributed by atoms with E-state index in [2.05, 4.69) is 55.9 Å². The summed E-state index contributed by atoms with van der Waals surface area (Å²) in [5.74, 6) is 1.49. The minimum absolute atomic E-state index is 0.466. The van der Waals surface area contributed by atoms with Crippen molar-refractivity contribution in [2.24, 2.45) is 0 Å². The van der Waals surface area contributed by atoms with Crippen molar-refractivity contribution in [3.05, 3.63) is 58.3 Å². The third-order valence-electron chi connectivity index (χ3n) is 4.52. The van der Waals surface area contributed by atoms with Gasteiger partial charge < -0.3 is 5.32 Å². The van der Waals surface area contributed by atoms with E-state index >= 15 is 0 Å². The van der Waals surface area contributed by atoms with Crippen LogP contribution in [0.25, 0.3) is 11.2 Å². The largest absolute Gasteiger partial charge is 0.357 e. The number of hydrazine groups is 1. The van der Waals surface area contributed by atoms with E-state index in [0.29, 0.717) is 40.3 Å². The molecule has 3 heterocycles. The zero-order valence-electron chi connectivity index (χ0n) is 17.6. The second-order valence-electron chi connectivity index (χ2n) is 6.94. The fourth-order valence-corrected chi connectivity index (χ4v) is 4.46. The summed E-state index contributed by atoms with van der Waals surface area (Å²) >= 11 is 8.75. The van der Waals surface area contributed by atoms with E-state index < -0.39 is 0 Å². The van der Waals surface area contributed by atoms with Gasteiger partial charge in [-0.2, -0.15) is 0 Å². The van der Waals surface area contributed by atoms with Gasteiger partial charge in [0.25, 0.3) is 0 Å². The van der Waals surface area contributed by atoms with Gasteiger partial charge in [0.2, 0.25) is 0 Å². The van der Waals surface area contributed by atoms with Crippen LogP contribution in [-0.4, -0.2) is 35.8 Å². The molecule has 0 unspecified atom stereocenters. The number of thioether (sulfide) groups is 1. The lowest BCUT2D eigenvalue weighted by molar-refractivity contribution is 0.603. The summed E-state index contributed by atoms with van der Waals surface area (Å²) in [5, 5.41) is 15.1. The molecule has 0 saturated heterocycles. The molecule has 3 N–H and O–H groups in total. The quantitative estimate of drug-likeness (QED) is 0.134. The number of benzene rings is 1. The Bertz CT molecular complexity index is 1140. The second-order valence-corrected chi connectivity index (χ2v) is 9.44. The first-order valence-electron chi connectivity index (χ1n) is 10.3. The van der Waals surface area contributed by atoms with Crippen molar-refractivity contribution in [1.29, 1.82) is 0 Å². The van der Waals surface area contributed by atoms with Crippen molar-refractivity contribution in [2.45, 2.75) is 38.0 Å². The minimum Gasteiger partial charge on any atom is -0.357 e. The number of thiocarbonyl (C=S) groups is 1. The molecule has 4 rings (SSSR count). The Hall–Kier alpha value is -2.76. The van der Waals surface area contributed by atoms with Crippen molar-refractivity contribution in [1.82, 2.24) is 35.7 Å². The van der Waals surface area contributed by atoms with Gasteiger partial charge >= 0.3 is 0 Å². The number of nitrogens with zero attached hydrogens (tertiary/aromatic N) is 5. The molecule has 3 aromatic heterocycles. The lowest BCUT2D eigenvalue weighted by atomic mass is 10.2. The van der Waals surface area contributed by atoms with Crippen molar-refractivity contribution in [3.8, 4) is 0 Å². The Morgan fingerprint density at radius 3 is 2.81 bits per heavy atom. The standard InChI is InChI=1S/C21H24N8S3/c1-2-12-32-21-23-18(26-27-20(30)22-14-15-7-4-3-5-8-15)17-19(24-21)29(28-25-17)11-10-16-9-6-13-31-16/h3-9,13H,2,10-12,14H2,1H3,(H2,22,27,30)(H,23,24,26). The minimum atomic E-state index is 0.466. The summed E-state index contributed by atoms with van der Waals surface area (Å²) in [5.41, 5.74) is 8.56. The van der Waals surface area contributed by atoms with Crippen LogP contribution in [0.3, 0.4) is 0 Å². The highest BCUT2D eigenvalue weighted by Crippen LogP contribution is 2.23. The van der Waals surface area contributed by atoms with Crippen LogP contribution in [0.15, 0.2) is 53.0 Å². The monoisotopic (exact) mass is 484 g/mol. The molecule has 1 aromatic carbocycles. The van der Waals surface area contributed by atoms with E-state index in [9.17, 15) is 0 Å². The van der Waals surface area contributed by atoms with Gasteiger partial charge in [-0.3, -0.25) is 10.9 Å². The van der Waals surface area contributed by atoms with Gasteiger partial charge in [-0.05, 0) is 35.6 Å². The Labute approximate surface area is 200 Å². The van der Waals surface area contributed by atoms with E-state index in [4.69, 9.17) is 17.2 Å². The summed E-state index contributed by atoms with van der Waals surface area (Å²) in [6.45, 7) is 3.47. The highest BCUT2D eigenvalue weighted by Gasteiger charge is 2.15.